The molecule has 0 aromatic carbocycles. The Morgan fingerprint density at radius 2 is 1.52 bits per heavy atom. The van der Waals surface area contributed by atoms with E-state index in [1.807, 2.05) is 9.22 Å². The van der Waals surface area contributed by atoms with Crippen LogP contribution in [0.5, 0.6) is 0 Å². The maximum absolute atomic E-state index is 4.58. The van der Waals surface area contributed by atoms with Crippen molar-refractivity contribution >= 4 is 37.4 Å². The number of rotatable bonds is 11. The molecule has 0 aliphatic rings. The molecule has 0 spiro atoms. The molecule has 0 fully saturated rings. The van der Waals surface area contributed by atoms with Gasteiger partial charge < -0.3 is 0 Å². The molecule has 0 saturated heterocycles. The zero-order valence-corrected chi connectivity index (χ0v) is 19.2. The summed E-state index contributed by atoms with van der Waals surface area (Å²) in [6, 6.07) is 0. The molecule has 2 rings (SSSR count). The summed E-state index contributed by atoms with van der Waals surface area (Å²) < 4.78 is 8.83. The fourth-order valence-electron chi connectivity index (χ4n) is 3.63. The first kappa shape index (κ1) is 19.3. The van der Waals surface area contributed by atoms with Gasteiger partial charge >= 0.3 is 151 Å². The fourth-order valence-corrected chi connectivity index (χ4v) is 23.7. The van der Waals surface area contributed by atoms with Crippen LogP contribution in [-0.2, 0) is 6.42 Å². The van der Waals surface area contributed by atoms with Gasteiger partial charge in [-0.25, -0.2) is 0 Å². The second-order valence-corrected chi connectivity index (χ2v) is 22.1. The number of fused-ring (bicyclic) bond motifs is 1. The van der Waals surface area contributed by atoms with Crippen LogP contribution in [0.3, 0.4) is 0 Å². The summed E-state index contributed by atoms with van der Waals surface area (Å²) in [5.41, 5.74) is 1.29. The van der Waals surface area contributed by atoms with Gasteiger partial charge in [-0.1, -0.05) is 0 Å². The number of aromatic nitrogens is 2. The van der Waals surface area contributed by atoms with E-state index in [0.29, 0.717) is 0 Å². The standard InChI is InChI=1S/C7H7N2S.3C4H9.Sn/c1-2-6-7-9(5-8-6)3-4-10-7;3*1-3-4-2;/h3,5H,2H2,1H3;3*1,3-4H2,2H3;. The fraction of sp³-hybridized carbons (Fsp3) is 0.737. The second-order valence-electron chi connectivity index (χ2n) is 6.94. The molecule has 0 unspecified atom stereocenters. The van der Waals surface area contributed by atoms with Crippen LogP contribution < -0.4 is 2.89 Å². The van der Waals surface area contributed by atoms with E-state index in [4.69, 9.17) is 0 Å². The van der Waals surface area contributed by atoms with Gasteiger partial charge in [-0.15, -0.1) is 0 Å². The predicted molar refractivity (Wildman–Crippen MR) is 107 cm³/mol. The summed E-state index contributed by atoms with van der Waals surface area (Å²) in [5, 5.41) is 0. The molecule has 4 heteroatoms. The molecule has 0 radical (unpaired) electrons. The number of unbranched alkanes of at least 4 members (excludes halogenated alkanes) is 3. The number of aryl methyl sites for hydroxylation is 1. The quantitative estimate of drug-likeness (QED) is 0.390. The van der Waals surface area contributed by atoms with Crippen LogP contribution in [0.1, 0.15) is 71.9 Å². The van der Waals surface area contributed by atoms with Crippen LogP contribution in [0, 0.1) is 0 Å². The molecule has 0 amide bonds. The molecule has 2 aromatic rings. The summed E-state index contributed by atoms with van der Waals surface area (Å²) >= 11 is -0.134. The Labute approximate surface area is 150 Å². The third-order valence-electron chi connectivity index (χ3n) is 5.17. The van der Waals surface area contributed by atoms with E-state index in [-0.39, 0.29) is 0 Å². The van der Waals surface area contributed by atoms with E-state index >= 15 is 0 Å². The summed E-state index contributed by atoms with van der Waals surface area (Å²) in [4.78, 5) is 6.00. The topological polar surface area (TPSA) is 17.3 Å². The monoisotopic (exact) mass is 442 g/mol. The summed E-state index contributed by atoms with van der Waals surface area (Å²) in [5.74, 6) is 0. The van der Waals surface area contributed by atoms with E-state index in [9.17, 15) is 0 Å². The summed E-state index contributed by atoms with van der Waals surface area (Å²) in [6.07, 6.45) is 14.0. The van der Waals surface area contributed by atoms with Crippen LogP contribution in [-0.4, -0.2) is 27.8 Å². The van der Waals surface area contributed by atoms with E-state index in [2.05, 4.69) is 54.6 Å². The van der Waals surface area contributed by atoms with Crippen LogP contribution in [0.4, 0.5) is 0 Å². The first-order valence-electron chi connectivity index (χ1n) is 9.66. The number of hydrogen-bond donors (Lipinski definition) is 0. The van der Waals surface area contributed by atoms with Crippen molar-refractivity contribution < 1.29 is 0 Å². The molecular weight excluding hydrogens is 407 g/mol. The molecule has 0 atom stereocenters. The molecule has 2 heterocycles. The second kappa shape index (κ2) is 9.45. The number of nitrogens with zero attached hydrogens (tertiary/aromatic N) is 2. The van der Waals surface area contributed by atoms with Gasteiger partial charge in [0.1, 0.15) is 0 Å². The number of thiazole rings is 1. The minimum atomic E-state index is -2.24. The van der Waals surface area contributed by atoms with E-state index < -0.39 is 18.4 Å². The third-order valence-corrected chi connectivity index (χ3v) is 24.5. The van der Waals surface area contributed by atoms with Crippen molar-refractivity contribution in [3.05, 3.63) is 18.2 Å². The van der Waals surface area contributed by atoms with Gasteiger partial charge in [0.05, 0.1) is 0 Å². The zero-order chi connectivity index (χ0) is 16.7. The van der Waals surface area contributed by atoms with Crippen LogP contribution in [0.25, 0.3) is 4.83 Å². The molecule has 0 N–H and O–H groups in total. The molecule has 23 heavy (non-hydrogen) atoms. The molecule has 0 saturated carbocycles. The predicted octanol–water partition coefficient (Wildman–Crippen LogP) is 6.01. The van der Waals surface area contributed by atoms with E-state index in [1.165, 1.54) is 49.0 Å². The normalized spacial score (nSPS) is 12.3. The maximum atomic E-state index is 4.58. The van der Waals surface area contributed by atoms with Gasteiger partial charge in [0, 0.05) is 0 Å². The molecular formula is C19H34N2SSn. The first-order chi connectivity index (χ1) is 11.2. The van der Waals surface area contributed by atoms with Gasteiger partial charge in [-0.2, -0.15) is 0 Å². The van der Waals surface area contributed by atoms with Crippen LogP contribution in [0.2, 0.25) is 13.3 Å². The van der Waals surface area contributed by atoms with Crippen molar-refractivity contribution in [3.63, 3.8) is 0 Å². The van der Waals surface area contributed by atoms with Gasteiger partial charge in [-0.05, 0) is 0 Å². The van der Waals surface area contributed by atoms with Crippen LogP contribution in [0.15, 0.2) is 12.5 Å². The average molecular weight is 441 g/mol. The van der Waals surface area contributed by atoms with Crippen molar-refractivity contribution in [2.75, 3.05) is 0 Å². The Morgan fingerprint density at radius 3 is 2.00 bits per heavy atom. The Bertz CT molecular complexity index is 565. The Hall–Kier alpha value is -0.0313. The van der Waals surface area contributed by atoms with Crippen molar-refractivity contribution in [2.24, 2.45) is 0 Å². The molecule has 130 valence electrons. The van der Waals surface area contributed by atoms with Gasteiger partial charge in [-0.3, -0.25) is 0 Å². The molecule has 0 bridgehead atoms. The Balaban J connectivity index is 2.39. The van der Waals surface area contributed by atoms with Gasteiger partial charge in [0.15, 0.2) is 0 Å². The van der Waals surface area contributed by atoms with Crippen molar-refractivity contribution in [1.82, 2.24) is 9.38 Å². The Morgan fingerprint density at radius 1 is 0.957 bits per heavy atom. The van der Waals surface area contributed by atoms with Crippen molar-refractivity contribution in [1.29, 1.82) is 0 Å². The van der Waals surface area contributed by atoms with Crippen molar-refractivity contribution in [3.8, 4) is 0 Å². The molecule has 2 aromatic heterocycles. The molecule has 2 nitrogen and oxygen atoms in total. The van der Waals surface area contributed by atoms with Crippen LogP contribution >= 0.6 is 11.3 Å². The molecule has 0 aliphatic heterocycles. The van der Waals surface area contributed by atoms with Gasteiger partial charge in [0.2, 0.25) is 0 Å². The van der Waals surface area contributed by atoms with Gasteiger partial charge in [0.25, 0.3) is 0 Å². The zero-order valence-electron chi connectivity index (χ0n) is 15.5. The summed E-state index contributed by atoms with van der Waals surface area (Å²) in [6.45, 7) is 9.29. The SMILES string of the molecule is CCC[CH2][Sn]([CH2]CCC)([CH2]CCC)[c]1cn2cnc(CC)c2s1. The third kappa shape index (κ3) is 4.53. The minimum absolute atomic E-state index is 1.05. The Kier molecular flexibility index (Phi) is 7.93. The molecule has 0 aliphatic carbocycles. The first-order valence-corrected chi connectivity index (χ1v) is 18.0. The van der Waals surface area contributed by atoms with E-state index in [1.54, 1.807) is 13.3 Å². The summed E-state index contributed by atoms with van der Waals surface area (Å²) in [7, 11) is 0. The average Bonchev–Trinajstić information content (AvgIpc) is 3.15. The van der Waals surface area contributed by atoms with E-state index in [0.717, 1.165) is 6.42 Å². The van der Waals surface area contributed by atoms with Crippen molar-refractivity contribution in [2.45, 2.75) is 86.0 Å². The number of imidazole rings is 1. The number of hydrogen-bond acceptors (Lipinski definition) is 2.